The highest BCUT2D eigenvalue weighted by molar-refractivity contribution is 8.08. The van der Waals surface area contributed by atoms with Crippen LogP contribution in [0.25, 0.3) is 0 Å². The van der Waals surface area contributed by atoms with Gasteiger partial charge >= 0.3 is 0 Å². The van der Waals surface area contributed by atoms with Gasteiger partial charge in [0.2, 0.25) is 0 Å². The van der Waals surface area contributed by atoms with Crippen molar-refractivity contribution >= 4 is 23.4 Å². The van der Waals surface area contributed by atoms with Crippen molar-refractivity contribution in [2.75, 3.05) is 0 Å². The zero-order chi connectivity index (χ0) is 6.57. The molecule has 0 radical (unpaired) electrons. The lowest BCUT2D eigenvalue weighted by molar-refractivity contribution is 1.58. The average Bonchev–Trinajstić information content (AvgIpc) is 1.65. The SMILES string of the molecule is C=C(N)S/C(Cl)=C\N. The topological polar surface area (TPSA) is 52.0 Å². The van der Waals surface area contributed by atoms with E-state index in [0.29, 0.717) is 9.39 Å². The zero-order valence-electron chi connectivity index (χ0n) is 4.23. The average molecular weight is 151 g/mol. The van der Waals surface area contributed by atoms with Gasteiger partial charge in [-0.3, -0.25) is 0 Å². The fraction of sp³-hybridized carbons (Fsp3) is 0. The highest BCUT2D eigenvalue weighted by atomic mass is 35.5. The summed E-state index contributed by atoms with van der Waals surface area (Å²) < 4.78 is 0.442. The molecule has 8 heavy (non-hydrogen) atoms. The second kappa shape index (κ2) is 3.69. The third kappa shape index (κ3) is 3.89. The van der Waals surface area contributed by atoms with Gasteiger partial charge < -0.3 is 11.5 Å². The van der Waals surface area contributed by atoms with Gasteiger partial charge in [0.25, 0.3) is 0 Å². The summed E-state index contributed by atoms with van der Waals surface area (Å²) in [7, 11) is 0. The molecule has 0 unspecified atom stereocenters. The quantitative estimate of drug-likeness (QED) is 0.621. The van der Waals surface area contributed by atoms with Crippen LogP contribution in [0.5, 0.6) is 0 Å². The Morgan fingerprint density at radius 2 is 2.25 bits per heavy atom. The molecule has 0 heterocycles. The molecular formula is C4H7ClN2S. The normalized spacial score (nSPS) is 11.4. The van der Waals surface area contributed by atoms with E-state index >= 15 is 0 Å². The Kier molecular flexibility index (Phi) is 3.56. The molecule has 0 aromatic heterocycles. The van der Waals surface area contributed by atoms with Crippen molar-refractivity contribution in [3.8, 4) is 0 Å². The summed E-state index contributed by atoms with van der Waals surface area (Å²) in [5, 5.41) is 0.441. The molecule has 0 saturated heterocycles. The van der Waals surface area contributed by atoms with Crippen LogP contribution in [0.3, 0.4) is 0 Å². The van der Waals surface area contributed by atoms with Gasteiger partial charge in [-0.1, -0.05) is 29.9 Å². The van der Waals surface area contributed by atoms with Crippen LogP contribution in [0.15, 0.2) is 22.2 Å². The summed E-state index contributed by atoms with van der Waals surface area (Å²) >= 11 is 6.56. The van der Waals surface area contributed by atoms with Gasteiger partial charge in [-0.05, 0) is 0 Å². The molecule has 0 amide bonds. The third-order valence-corrected chi connectivity index (χ3v) is 1.31. The molecule has 0 aliphatic heterocycles. The molecule has 0 fully saturated rings. The van der Waals surface area contributed by atoms with E-state index in [1.807, 2.05) is 0 Å². The fourth-order valence-electron chi connectivity index (χ4n) is 0.159. The standard InChI is InChI=1S/C4H7ClN2S/c1-3(7)8-4(5)2-6/h2H,1,6-7H2/b4-2-. The van der Waals surface area contributed by atoms with Gasteiger partial charge in [-0.25, -0.2) is 0 Å². The molecular weight excluding hydrogens is 144 g/mol. The van der Waals surface area contributed by atoms with E-state index in [1.165, 1.54) is 6.20 Å². The van der Waals surface area contributed by atoms with Crippen LogP contribution in [-0.4, -0.2) is 0 Å². The molecule has 4 heteroatoms. The third-order valence-electron chi connectivity index (χ3n) is 0.360. The molecule has 0 saturated carbocycles. The maximum absolute atomic E-state index is 5.42. The van der Waals surface area contributed by atoms with E-state index in [-0.39, 0.29) is 0 Å². The molecule has 0 rings (SSSR count). The molecule has 0 aromatic carbocycles. The van der Waals surface area contributed by atoms with Crippen LogP contribution in [0, 0.1) is 0 Å². The summed E-state index contributed by atoms with van der Waals surface area (Å²) in [6.45, 7) is 3.40. The first-order valence-corrected chi connectivity index (χ1v) is 3.06. The van der Waals surface area contributed by atoms with E-state index in [0.717, 1.165) is 11.8 Å². The Balaban J connectivity index is 3.56. The highest BCUT2D eigenvalue weighted by Gasteiger charge is 1.89. The van der Waals surface area contributed by atoms with Crippen LogP contribution in [0.2, 0.25) is 0 Å². The van der Waals surface area contributed by atoms with Gasteiger partial charge in [0, 0.05) is 6.20 Å². The second-order valence-corrected chi connectivity index (χ2v) is 2.84. The van der Waals surface area contributed by atoms with Gasteiger partial charge in [0.1, 0.15) is 0 Å². The van der Waals surface area contributed by atoms with E-state index in [1.54, 1.807) is 0 Å². The van der Waals surface area contributed by atoms with Crippen molar-refractivity contribution in [3.63, 3.8) is 0 Å². The number of hydrogen-bond donors (Lipinski definition) is 2. The van der Waals surface area contributed by atoms with Crippen LogP contribution < -0.4 is 11.5 Å². The molecule has 4 N–H and O–H groups in total. The Morgan fingerprint density at radius 1 is 1.75 bits per heavy atom. The molecule has 2 nitrogen and oxygen atoms in total. The van der Waals surface area contributed by atoms with Crippen LogP contribution in [-0.2, 0) is 0 Å². The second-order valence-electron chi connectivity index (χ2n) is 1.04. The Bertz CT molecular complexity index is 121. The maximum Gasteiger partial charge on any atom is 0.0950 e. The first kappa shape index (κ1) is 7.72. The monoisotopic (exact) mass is 150 g/mol. The number of nitrogens with two attached hydrogens (primary N) is 2. The molecule has 0 aliphatic rings. The highest BCUT2D eigenvalue weighted by Crippen LogP contribution is 2.21. The van der Waals surface area contributed by atoms with Crippen molar-refractivity contribution < 1.29 is 0 Å². The summed E-state index contributed by atoms with van der Waals surface area (Å²) in [5.41, 5.74) is 10.2. The molecule has 0 aliphatic carbocycles. The summed E-state index contributed by atoms with van der Waals surface area (Å²) in [4.78, 5) is 0. The Morgan fingerprint density at radius 3 is 2.38 bits per heavy atom. The molecule has 46 valence electrons. The minimum absolute atomic E-state index is 0.441. The molecule has 0 aromatic rings. The first-order chi connectivity index (χ1) is 3.66. The van der Waals surface area contributed by atoms with E-state index < -0.39 is 0 Å². The van der Waals surface area contributed by atoms with Crippen molar-refractivity contribution in [1.29, 1.82) is 0 Å². The van der Waals surface area contributed by atoms with Gasteiger partial charge in [-0.2, -0.15) is 0 Å². The summed E-state index contributed by atoms with van der Waals surface area (Å²) in [6, 6.07) is 0. The maximum atomic E-state index is 5.42. The number of thioether (sulfide) groups is 1. The minimum Gasteiger partial charge on any atom is -0.403 e. The summed E-state index contributed by atoms with van der Waals surface area (Å²) in [5.74, 6) is 0. The summed E-state index contributed by atoms with van der Waals surface area (Å²) in [6.07, 6.45) is 1.27. The zero-order valence-corrected chi connectivity index (χ0v) is 5.80. The van der Waals surface area contributed by atoms with Crippen LogP contribution in [0.1, 0.15) is 0 Å². The van der Waals surface area contributed by atoms with Crippen LogP contribution in [0.4, 0.5) is 0 Å². The van der Waals surface area contributed by atoms with E-state index in [9.17, 15) is 0 Å². The lowest BCUT2D eigenvalue weighted by Gasteiger charge is -1.92. The van der Waals surface area contributed by atoms with E-state index in [4.69, 9.17) is 23.1 Å². The predicted octanol–water partition coefficient (Wildman–Crippen LogP) is 1.15. The predicted molar refractivity (Wildman–Crippen MR) is 39.0 cm³/mol. The Hall–Kier alpha value is -0.280. The lowest BCUT2D eigenvalue weighted by Crippen LogP contribution is -1.88. The van der Waals surface area contributed by atoms with Crippen molar-refractivity contribution in [3.05, 3.63) is 22.2 Å². The smallest absolute Gasteiger partial charge is 0.0950 e. The Labute approximate surface area is 57.6 Å². The van der Waals surface area contributed by atoms with Gasteiger partial charge in [-0.15, -0.1) is 0 Å². The number of hydrogen-bond acceptors (Lipinski definition) is 3. The minimum atomic E-state index is 0.441. The van der Waals surface area contributed by atoms with Gasteiger partial charge in [0.15, 0.2) is 0 Å². The molecule has 0 bridgehead atoms. The lowest BCUT2D eigenvalue weighted by atomic mass is 11.1. The first-order valence-electron chi connectivity index (χ1n) is 1.86. The largest absolute Gasteiger partial charge is 0.403 e. The number of rotatable bonds is 2. The van der Waals surface area contributed by atoms with Crippen LogP contribution >= 0.6 is 23.4 Å². The van der Waals surface area contributed by atoms with E-state index in [2.05, 4.69) is 6.58 Å². The molecule has 0 atom stereocenters. The van der Waals surface area contributed by atoms with Crippen molar-refractivity contribution in [2.24, 2.45) is 11.5 Å². The number of halogens is 1. The fourth-order valence-corrected chi connectivity index (χ4v) is 0.775. The van der Waals surface area contributed by atoms with Crippen molar-refractivity contribution in [2.45, 2.75) is 0 Å². The van der Waals surface area contributed by atoms with Crippen molar-refractivity contribution in [1.82, 2.24) is 0 Å². The van der Waals surface area contributed by atoms with Gasteiger partial charge in [0.05, 0.1) is 9.39 Å². The molecule has 0 spiro atoms.